The van der Waals surface area contributed by atoms with E-state index >= 15 is 0 Å². The summed E-state index contributed by atoms with van der Waals surface area (Å²) >= 11 is 1.40. The average molecular weight is 450 g/mol. The number of anilines is 1. The van der Waals surface area contributed by atoms with E-state index in [9.17, 15) is 23.9 Å². The van der Waals surface area contributed by atoms with Crippen molar-refractivity contribution in [2.24, 2.45) is 11.8 Å². The van der Waals surface area contributed by atoms with E-state index in [1.165, 1.54) is 35.6 Å². The van der Waals surface area contributed by atoms with Gasteiger partial charge in [0.05, 0.1) is 23.6 Å². The molecule has 5 rings (SSSR count). The number of thiophene rings is 1. The molecule has 2 N–H and O–H groups in total. The summed E-state index contributed by atoms with van der Waals surface area (Å²) < 4.78 is 13.4. The van der Waals surface area contributed by atoms with Gasteiger partial charge in [-0.3, -0.25) is 19.7 Å². The first-order valence-corrected chi connectivity index (χ1v) is 11.0. The maximum atomic E-state index is 13.6. The Bertz CT molecular complexity index is 1180. The Balaban J connectivity index is 1.64. The highest BCUT2D eigenvalue weighted by atomic mass is 32.1. The minimum absolute atomic E-state index is 0.0441. The second-order valence-corrected chi connectivity index (χ2v) is 9.05. The van der Waals surface area contributed by atoms with E-state index in [-0.39, 0.29) is 12.1 Å². The zero-order valence-electron chi connectivity index (χ0n) is 16.8. The SMILES string of the molecule is O=C1[C@@H]2[C@H](c3cccs3)N[C@@](Cc3ccccc3)(C(=O)O)[C@H]2C(=O)N1c1ccc(F)cc1. The summed E-state index contributed by atoms with van der Waals surface area (Å²) in [4.78, 5) is 41.7. The fraction of sp³-hybridized carbons (Fsp3) is 0.208. The molecule has 2 saturated heterocycles. The Labute approximate surface area is 187 Å². The number of nitrogens with one attached hydrogen (secondary N) is 1. The third-order valence-corrected chi connectivity index (χ3v) is 7.25. The summed E-state index contributed by atoms with van der Waals surface area (Å²) in [5.74, 6) is -4.73. The number of amides is 2. The van der Waals surface area contributed by atoms with Crippen molar-refractivity contribution in [2.75, 3.05) is 4.90 Å². The zero-order chi connectivity index (χ0) is 22.5. The number of fused-ring (bicyclic) bond motifs is 1. The first-order chi connectivity index (χ1) is 15.4. The predicted molar refractivity (Wildman–Crippen MR) is 117 cm³/mol. The minimum atomic E-state index is -1.66. The second-order valence-electron chi connectivity index (χ2n) is 8.07. The van der Waals surface area contributed by atoms with Crippen molar-refractivity contribution in [3.05, 3.63) is 88.4 Å². The van der Waals surface area contributed by atoms with Gasteiger partial charge >= 0.3 is 5.97 Å². The van der Waals surface area contributed by atoms with Gasteiger partial charge in [0.2, 0.25) is 11.8 Å². The lowest BCUT2D eigenvalue weighted by Gasteiger charge is -2.31. The summed E-state index contributed by atoms with van der Waals surface area (Å²) in [6.07, 6.45) is 0.0441. The highest BCUT2D eigenvalue weighted by Crippen LogP contribution is 2.51. The van der Waals surface area contributed by atoms with Crippen molar-refractivity contribution in [2.45, 2.75) is 18.0 Å². The van der Waals surface area contributed by atoms with Gasteiger partial charge < -0.3 is 5.11 Å². The van der Waals surface area contributed by atoms with Crippen LogP contribution >= 0.6 is 11.3 Å². The molecule has 3 heterocycles. The number of nitrogens with zero attached hydrogens (tertiary/aromatic N) is 1. The number of halogens is 1. The molecule has 6 nitrogen and oxygen atoms in total. The lowest BCUT2D eigenvalue weighted by atomic mass is 9.76. The fourth-order valence-electron chi connectivity index (χ4n) is 4.91. The third-order valence-electron chi connectivity index (χ3n) is 6.30. The van der Waals surface area contributed by atoms with Crippen molar-refractivity contribution in [1.82, 2.24) is 5.32 Å². The molecule has 2 amide bonds. The molecule has 162 valence electrons. The van der Waals surface area contributed by atoms with Crippen LogP contribution in [0.1, 0.15) is 16.5 Å². The first kappa shape index (κ1) is 20.5. The number of benzene rings is 2. The maximum Gasteiger partial charge on any atom is 0.325 e. The van der Waals surface area contributed by atoms with Gasteiger partial charge in [-0.2, -0.15) is 0 Å². The van der Waals surface area contributed by atoms with Crippen LogP contribution in [0.2, 0.25) is 0 Å². The molecule has 3 aromatic rings. The van der Waals surface area contributed by atoms with Gasteiger partial charge in [0, 0.05) is 11.3 Å². The van der Waals surface area contributed by atoms with Gasteiger partial charge in [-0.15, -0.1) is 11.3 Å². The number of carbonyl (C=O) groups excluding carboxylic acids is 2. The molecular weight excluding hydrogens is 431 g/mol. The van der Waals surface area contributed by atoms with E-state index < -0.39 is 47.0 Å². The van der Waals surface area contributed by atoms with Crippen molar-refractivity contribution in [3.8, 4) is 0 Å². The topological polar surface area (TPSA) is 86.7 Å². The molecule has 32 heavy (non-hydrogen) atoms. The van der Waals surface area contributed by atoms with Crippen LogP contribution in [-0.4, -0.2) is 28.4 Å². The van der Waals surface area contributed by atoms with Crippen LogP contribution in [0.3, 0.4) is 0 Å². The van der Waals surface area contributed by atoms with Gasteiger partial charge in [-0.1, -0.05) is 36.4 Å². The summed E-state index contributed by atoms with van der Waals surface area (Å²) in [7, 11) is 0. The Morgan fingerprint density at radius 2 is 1.75 bits per heavy atom. The number of hydrogen-bond acceptors (Lipinski definition) is 5. The molecule has 0 bridgehead atoms. The van der Waals surface area contributed by atoms with Crippen molar-refractivity contribution >= 4 is 34.8 Å². The normalized spacial score (nSPS) is 27.0. The average Bonchev–Trinajstić information content (AvgIpc) is 3.48. The van der Waals surface area contributed by atoms with Gasteiger partial charge in [-0.05, 0) is 41.3 Å². The molecule has 0 aliphatic carbocycles. The van der Waals surface area contributed by atoms with Crippen LogP contribution in [-0.2, 0) is 20.8 Å². The maximum absolute atomic E-state index is 13.6. The van der Waals surface area contributed by atoms with Crippen LogP contribution < -0.4 is 10.2 Å². The molecule has 2 aliphatic heterocycles. The molecule has 4 atom stereocenters. The van der Waals surface area contributed by atoms with Gasteiger partial charge in [0.1, 0.15) is 11.4 Å². The number of carboxylic acid groups (broad SMARTS) is 1. The van der Waals surface area contributed by atoms with Gasteiger partial charge in [0.15, 0.2) is 0 Å². The molecule has 2 fully saturated rings. The van der Waals surface area contributed by atoms with E-state index in [1.807, 2.05) is 23.6 Å². The molecule has 1 aromatic heterocycles. The van der Waals surface area contributed by atoms with Crippen molar-refractivity contribution < 1.29 is 23.9 Å². The van der Waals surface area contributed by atoms with E-state index in [1.54, 1.807) is 24.3 Å². The van der Waals surface area contributed by atoms with Gasteiger partial charge in [0.25, 0.3) is 0 Å². The summed E-state index contributed by atoms with van der Waals surface area (Å²) in [6, 6.07) is 17.2. The number of rotatable bonds is 5. The number of carbonyl (C=O) groups is 3. The summed E-state index contributed by atoms with van der Waals surface area (Å²) in [6.45, 7) is 0. The molecule has 0 spiro atoms. The molecule has 8 heteroatoms. The fourth-order valence-corrected chi connectivity index (χ4v) is 5.74. The van der Waals surface area contributed by atoms with E-state index in [0.717, 1.165) is 15.3 Å². The van der Waals surface area contributed by atoms with E-state index in [2.05, 4.69) is 5.32 Å². The smallest absolute Gasteiger partial charge is 0.325 e. The molecule has 2 aliphatic rings. The lowest BCUT2D eigenvalue weighted by Crippen LogP contribution is -2.57. The second kappa shape index (κ2) is 7.65. The Hall–Kier alpha value is -3.36. The first-order valence-electron chi connectivity index (χ1n) is 10.1. The summed E-state index contributed by atoms with van der Waals surface area (Å²) in [5, 5.41) is 15.4. The quantitative estimate of drug-likeness (QED) is 0.582. The Morgan fingerprint density at radius 1 is 1.03 bits per heavy atom. The van der Waals surface area contributed by atoms with E-state index in [0.29, 0.717) is 0 Å². The highest BCUT2D eigenvalue weighted by Gasteiger charge is 2.68. The number of aliphatic carboxylic acids is 1. The van der Waals surface area contributed by atoms with Gasteiger partial charge in [-0.25, -0.2) is 9.29 Å². The third kappa shape index (κ3) is 3.06. The van der Waals surface area contributed by atoms with Crippen molar-refractivity contribution in [1.29, 1.82) is 0 Å². The molecular formula is C24H19FN2O4S. The monoisotopic (exact) mass is 450 g/mol. The number of imide groups is 1. The lowest BCUT2D eigenvalue weighted by molar-refractivity contribution is -0.148. The van der Waals surface area contributed by atoms with Crippen molar-refractivity contribution in [3.63, 3.8) is 0 Å². The van der Waals surface area contributed by atoms with Crippen LogP contribution in [0, 0.1) is 17.7 Å². The number of carboxylic acids is 1. The van der Waals surface area contributed by atoms with Crippen LogP contribution in [0.25, 0.3) is 0 Å². The standard InChI is InChI=1S/C24H19FN2O4S/c25-15-8-10-16(11-9-15)27-21(28)18-19(22(27)29)24(23(30)31,13-14-5-2-1-3-6-14)26-20(18)17-7-4-12-32-17/h1-12,18-20,26H,13H2,(H,30,31)/t18-,19+,20-,24+/m0/s1. The summed E-state index contributed by atoms with van der Waals surface area (Å²) in [5.41, 5.74) is -0.685. The largest absolute Gasteiger partial charge is 0.480 e. The van der Waals surface area contributed by atoms with E-state index in [4.69, 9.17) is 0 Å². The van der Waals surface area contributed by atoms with Crippen LogP contribution in [0.15, 0.2) is 72.1 Å². The Kier molecular flexibility index (Phi) is 4.91. The predicted octanol–water partition coefficient (Wildman–Crippen LogP) is 3.40. The molecule has 2 aromatic carbocycles. The van der Waals surface area contributed by atoms with Crippen LogP contribution in [0.4, 0.5) is 10.1 Å². The zero-order valence-corrected chi connectivity index (χ0v) is 17.6. The molecule has 0 radical (unpaired) electrons. The van der Waals surface area contributed by atoms with Crippen LogP contribution in [0.5, 0.6) is 0 Å². The Morgan fingerprint density at radius 3 is 2.38 bits per heavy atom. The number of hydrogen-bond donors (Lipinski definition) is 2. The molecule has 0 unspecified atom stereocenters. The highest BCUT2D eigenvalue weighted by molar-refractivity contribution is 7.10. The minimum Gasteiger partial charge on any atom is -0.480 e. The molecule has 0 saturated carbocycles.